The van der Waals surface area contributed by atoms with Crippen molar-refractivity contribution in [2.24, 2.45) is 0 Å². The molecule has 0 unspecified atom stereocenters. The number of carbonyl (C=O) groups is 2. The molecule has 0 bridgehead atoms. The minimum atomic E-state index is -1.03. The average Bonchev–Trinajstić information content (AvgIpc) is 2.46. The number of hydrogen-bond acceptors (Lipinski definition) is 4. The molecule has 1 amide bonds. The number of nitrogens with zero attached hydrogens (tertiary/aromatic N) is 1. The van der Waals surface area contributed by atoms with Crippen LogP contribution in [0.25, 0.3) is 6.08 Å². The van der Waals surface area contributed by atoms with Crippen LogP contribution in [0.15, 0.2) is 24.5 Å². The van der Waals surface area contributed by atoms with Crippen LogP contribution in [0, 0.1) is 0 Å². The van der Waals surface area contributed by atoms with Crippen molar-refractivity contribution in [3.05, 3.63) is 35.7 Å². The fourth-order valence-corrected chi connectivity index (χ4v) is 3.06. The molecule has 1 aromatic heterocycles. The summed E-state index contributed by atoms with van der Waals surface area (Å²) < 4.78 is 0. The second-order valence-electron chi connectivity index (χ2n) is 4.54. The lowest BCUT2D eigenvalue weighted by molar-refractivity contribution is -0.131. The van der Waals surface area contributed by atoms with Crippen molar-refractivity contribution in [2.75, 3.05) is 11.5 Å². The number of carbonyl (C=O) groups excluding carboxylic acids is 1. The van der Waals surface area contributed by atoms with Gasteiger partial charge in [-0.2, -0.15) is 11.8 Å². The van der Waals surface area contributed by atoms with Crippen molar-refractivity contribution in [3.8, 4) is 0 Å². The molecule has 5 nitrogen and oxygen atoms in total. The minimum absolute atomic E-state index is 0.153. The molecule has 0 atom stereocenters. The number of hydrogen-bond donors (Lipinski definition) is 2. The number of amides is 1. The molecule has 1 saturated heterocycles. The number of nitrogens with one attached hydrogen (secondary N) is 1. The van der Waals surface area contributed by atoms with E-state index in [0.29, 0.717) is 11.1 Å². The Kier molecular flexibility index (Phi) is 5.17. The highest BCUT2D eigenvalue weighted by atomic mass is 32.2. The van der Waals surface area contributed by atoms with Crippen molar-refractivity contribution >= 4 is 29.7 Å². The Hall–Kier alpha value is -1.82. The zero-order valence-electron chi connectivity index (χ0n) is 10.9. The molecule has 6 heteroatoms. The van der Waals surface area contributed by atoms with Crippen LogP contribution in [-0.4, -0.2) is 39.5 Å². The Morgan fingerprint density at radius 1 is 1.35 bits per heavy atom. The van der Waals surface area contributed by atoms with E-state index in [4.69, 9.17) is 5.11 Å². The topological polar surface area (TPSA) is 79.3 Å². The van der Waals surface area contributed by atoms with E-state index in [1.807, 2.05) is 11.8 Å². The van der Waals surface area contributed by atoms with E-state index in [2.05, 4.69) is 10.3 Å². The quantitative estimate of drug-likeness (QED) is 0.827. The summed E-state index contributed by atoms with van der Waals surface area (Å²) in [6, 6.07) is 1.86. The fourth-order valence-electron chi connectivity index (χ4n) is 1.95. The van der Waals surface area contributed by atoms with Crippen LogP contribution in [0.4, 0.5) is 0 Å². The summed E-state index contributed by atoms with van der Waals surface area (Å²) in [7, 11) is 0. The van der Waals surface area contributed by atoms with Crippen molar-refractivity contribution < 1.29 is 14.7 Å². The van der Waals surface area contributed by atoms with E-state index in [0.717, 1.165) is 30.4 Å². The van der Waals surface area contributed by atoms with E-state index >= 15 is 0 Å². The predicted molar refractivity (Wildman–Crippen MR) is 78.7 cm³/mol. The molecule has 0 saturated carbocycles. The Morgan fingerprint density at radius 2 is 2.10 bits per heavy atom. The first-order chi connectivity index (χ1) is 9.65. The number of aliphatic carboxylic acids is 1. The molecule has 1 aliphatic heterocycles. The van der Waals surface area contributed by atoms with E-state index in [-0.39, 0.29) is 11.9 Å². The SMILES string of the molecule is O=C(O)/C=C/c1cncc(C(=O)NC2CCSCC2)c1. The van der Waals surface area contributed by atoms with Gasteiger partial charge in [0.15, 0.2) is 0 Å². The van der Waals surface area contributed by atoms with Gasteiger partial charge < -0.3 is 10.4 Å². The van der Waals surface area contributed by atoms with E-state index in [9.17, 15) is 9.59 Å². The van der Waals surface area contributed by atoms with Crippen molar-refractivity contribution in [1.82, 2.24) is 10.3 Å². The van der Waals surface area contributed by atoms with Gasteiger partial charge in [-0.15, -0.1) is 0 Å². The minimum Gasteiger partial charge on any atom is -0.478 e. The van der Waals surface area contributed by atoms with Gasteiger partial charge >= 0.3 is 5.97 Å². The number of rotatable bonds is 4. The fraction of sp³-hybridized carbons (Fsp3) is 0.357. The lowest BCUT2D eigenvalue weighted by Crippen LogP contribution is -2.37. The third-order valence-corrected chi connectivity index (χ3v) is 4.05. The highest BCUT2D eigenvalue weighted by molar-refractivity contribution is 7.99. The van der Waals surface area contributed by atoms with Gasteiger partial charge in [0.05, 0.1) is 5.56 Å². The molecule has 0 radical (unpaired) electrons. The van der Waals surface area contributed by atoms with Gasteiger partial charge in [-0.05, 0) is 42.1 Å². The molecule has 20 heavy (non-hydrogen) atoms. The first-order valence-corrected chi connectivity index (χ1v) is 7.55. The monoisotopic (exact) mass is 292 g/mol. The summed E-state index contributed by atoms with van der Waals surface area (Å²) in [6.45, 7) is 0. The van der Waals surface area contributed by atoms with Gasteiger partial charge in [0, 0.05) is 24.5 Å². The van der Waals surface area contributed by atoms with Crippen LogP contribution >= 0.6 is 11.8 Å². The largest absolute Gasteiger partial charge is 0.478 e. The molecule has 1 aliphatic rings. The molecule has 1 fully saturated rings. The Morgan fingerprint density at radius 3 is 2.80 bits per heavy atom. The average molecular weight is 292 g/mol. The summed E-state index contributed by atoms with van der Waals surface area (Å²) in [4.78, 5) is 26.5. The third kappa shape index (κ3) is 4.38. The van der Waals surface area contributed by atoms with E-state index < -0.39 is 5.97 Å². The smallest absolute Gasteiger partial charge is 0.328 e. The first-order valence-electron chi connectivity index (χ1n) is 6.40. The van der Waals surface area contributed by atoms with Crippen molar-refractivity contribution in [2.45, 2.75) is 18.9 Å². The van der Waals surface area contributed by atoms with E-state index in [1.165, 1.54) is 18.5 Å². The second-order valence-corrected chi connectivity index (χ2v) is 5.76. The Labute approximate surface area is 121 Å². The first kappa shape index (κ1) is 14.6. The van der Waals surface area contributed by atoms with Gasteiger partial charge in [0.2, 0.25) is 0 Å². The van der Waals surface area contributed by atoms with Crippen LogP contribution in [0.5, 0.6) is 0 Å². The third-order valence-electron chi connectivity index (χ3n) is 3.00. The molecular formula is C14H16N2O3S. The van der Waals surface area contributed by atoms with Gasteiger partial charge in [-0.1, -0.05) is 0 Å². The lowest BCUT2D eigenvalue weighted by Gasteiger charge is -2.22. The molecule has 2 N–H and O–H groups in total. The lowest BCUT2D eigenvalue weighted by atomic mass is 10.1. The molecular weight excluding hydrogens is 276 g/mol. The number of carboxylic acid groups (broad SMARTS) is 1. The Balaban J connectivity index is 2.02. The van der Waals surface area contributed by atoms with Gasteiger partial charge in [-0.3, -0.25) is 9.78 Å². The van der Waals surface area contributed by atoms with Crippen LogP contribution in [-0.2, 0) is 4.79 Å². The maximum Gasteiger partial charge on any atom is 0.328 e. The molecule has 2 heterocycles. The maximum atomic E-state index is 12.1. The van der Waals surface area contributed by atoms with Gasteiger partial charge in [-0.25, -0.2) is 4.79 Å². The van der Waals surface area contributed by atoms with Crippen LogP contribution in [0.1, 0.15) is 28.8 Å². The highest BCUT2D eigenvalue weighted by Crippen LogP contribution is 2.17. The number of pyridine rings is 1. The summed E-state index contributed by atoms with van der Waals surface area (Å²) >= 11 is 1.90. The second kappa shape index (κ2) is 7.09. The molecule has 0 aromatic carbocycles. The molecule has 106 valence electrons. The van der Waals surface area contributed by atoms with Gasteiger partial charge in [0.25, 0.3) is 5.91 Å². The maximum absolute atomic E-state index is 12.1. The summed E-state index contributed by atoms with van der Waals surface area (Å²) in [5.74, 6) is 0.967. The number of thioether (sulfide) groups is 1. The molecule has 0 aliphatic carbocycles. The number of carboxylic acids is 1. The predicted octanol–water partition coefficient (Wildman–Crippen LogP) is 1.80. The standard InChI is InChI=1S/C14H16N2O3S/c17-13(18)2-1-10-7-11(9-15-8-10)14(19)16-12-3-5-20-6-4-12/h1-2,7-9,12H,3-6H2,(H,16,19)(H,17,18)/b2-1+. The summed E-state index contributed by atoms with van der Waals surface area (Å²) in [5.41, 5.74) is 1.05. The summed E-state index contributed by atoms with van der Waals surface area (Å²) in [6.07, 6.45) is 7.43. The van der Waals surface area contributed by atoms with Crippen LogP contribution in [0.3, 0.4) is 0 Å². The molecule has 1 aromatic rings. The van der Waals surface area contributed by atoms with Crippen molar-refractivity contribution in [3.63, 3.8) is 0 Å². The van der Waals surface area contributed by atoms with E-state index in [1.54, 1.807) is 6.07 Å². The molecule has 2 rings (SSSR count). The Bertz CT molecular complexity index is 525. The van der Waals surface area contributed by atoms with Gasteiger partial charge in [0.1, 0.15) is 0 Å². The van der Waals surface area contributed by atoms with Crippen LogP contribution < -0.4 is 5.32 Å². The molecule has 0 spiro atoms. The zero-order valence-corrected chi connectivity index (χ0v) is 11.7. The zero-order chi connectivity index (χ0) is 14.4. The number of aromatic nitrogens is 1. The van der Waals surface area contributed by atoms with Crippen LogP contribution in [0.2, 0.25) is 0 Å². The normalized spacial score (nSPS) is 16.2. The van der Waals surface area contributed by atoms with Crippen molar-refractivity contribution in [1.29, 1.82) is 0 Å². The highest BCUT2D eigenvalue weighted by Gasteiger charge is 2.17. The summed E-state index contributed by atoms with van der Waals surface area (Å²) in [5, 5.41) is 11.6.